The molecule has 0 radical (unpaired) electrons. The van der Waals surface area contributed by atoms with Gasteiger partial charge in [-0.3, -0.25) is 4.98 Å². The molecule has 1 aromatic heterocycles. The van der Waals surface area contributed by atoms with Crippen LogP contribution in [0.2, 0.25) is 28.2 Å². The topological polar surface area (TPSA) is 22.1 Å². The molecule has 1 aromatic rings. The molecule has 1 fully saturated rings. The maximum absolute atomic E-state index is 6.84. The number of hydrogen-bond donors (Lipinski definition) is 0. The fraction of sp³-hybridized carbons (Fsp3) is 0.750. The summed E-state index contributed by atoms with van der Waals surface area (Å²) in [7, 11) is -1.73. The van der Waals surface area contributed by atoms with Crippen LogP contribution >= 0.6 is 23.2 Å². The summed E-state index contributed by atoms with van der Waals surface area (Å²) in [5, 5.41) is 1.29. The van der Waals surface area contributed by atoms with Gasteiger partial charge in [0.05, 0.1) is 16.1 Å². The molecular weight excluding hydrogens is 369 g/mol. The van der Waals surface area contributed by atoms with Gasteiger partial charge in [0.1, 0.15) is 0 Å². The zero-order valence-corrected chi connectivity index (χ0v) is 18.5. The van der Waals surface area contributed by atoms with Gasteiger partial charge in [-0.15, -0.1) is 0 Å². The van der Waals surface area contributed by atoms with E-state index in [1.807, 2.05) is 0 Å². The lowest BCUT2D eigenvalue weighted by molar-refractivity contribution is 0.173. The molecule has 0 aliphatic heterocycles. The molecule has 0 N–H and O–H groups in total. The van der Waals surface area contributed by atoms with Crippen LogP contribution < -0.4 is 0 Å². The lowest BCUT2D eigenvalue weighted by Gasteiger charge is -2.34. The smallest absolute Gasteiger partial charge is 0.192 e. The molecule has 5 heteroatoms. The Morgan fingerprint density at radius 1 is 1.08 bits per heavy atom. The number of pyridine rings is 1. The third-order valence-electron chi connectivity index (χ3n) is 6.09. The van der Waals surface area contributed by atoms with Crippen LogP contribution in [0.3, 0.4) is 0 Å². The van der Waals surface area contributed by atoms with Crippen LogP contribution in [0.4, 0.5) is 0 Å². The van der Waals surface area contributed by atoms with Crippen molar-refractivity contribution in [3.63, 3.8) is 0 Å². The van der Waals surface area contributed by atoms with Gasteiger partial charge in [-0.1, -0.05) is 82.5 Å². The van der Waals surface area contributed by atoms with E-state index in [0.29, 0.717) is 10.0 Å². The normalized spacial score (nSPS) is 17.2. The first-order chi connectivity index (χ1) is 12.0. The zero-order chi connectivity index (χ0) is 18.3. The van der Waals surface area contributed by atoms with Crippen molar-refractivity contribution < 1.29 is 4.43 Å². The highest BCUT2D eigenvalue weighted by Crippen LogP contribution is 2.40. The predicted molar refractivity (Wildman–Crippen MR) is 111 cm³/mol. The number of aromatic nitrogens is 1. The van der Waals surface area contributed by atoms with Gasteiger partial charge >= 0.3 is 0 Å². The van der Waals surface area contributed by atoms with Crippen LogP contribution in [0, 0.1) is 5.92 Å². The summed E-state index contributed by atoms with van der Waals surface area (Å²) in [5.41, 5.74) is 0.956. The molecule has 1 aliphatic carbocycles. The fourth-order valence-electron chi connectivity index (χ4n) is 4.18. The third-order valence-corrected chi connectivity index (χ3v) is 11.3. The SMILES string of the molecule is CC[Si](CC)(CC)OC(CCCC1CCCC1)c1c(Cl)cncc1Cl. The molecule has 1 atom stereocenters. The molecular formula is C20H33Cl2NOSi. The van der Waals surface area contributed by atoms with Crippen molar-refractivity contribution in [3.05, 3.63) is 28.0 Å². The lowest BCUT2D eigenvalue weighted by Crippen LogP contribution is -2.37. The molecule has 0 spiro atoms. The Morgan fingerprint density at radius 3 is 2.16 bits per heavy atom. The molecule has 2 nitrogen and oxygen atoms in total. The largest absolute Gasteiger partial charge is 0.410 e. The van der Waals surface area contributed by atoms with Crippen molar-refractivity contribution in [2.45, 2.75) is 90.0 Å². The Labute approximate surface area is 164 Å². The Hall–Kier alpha value is -0.0931. The highest BCUT2D eigenvalue weighted by molar-refractivity contribution is 6.73. The molecule has 0 bridgehead atoms. The van der Waals surface area contributed by atoms with Crippen LogP contribution in [0.5, 0.6) is 0 Å². The van der Waals surface area contributed by atoms with Crippen molar-refractivity contribution in [2.24, 2.45) is 5.92 Å². The number of hydrogen-bond acceptors (Lipinski definition) is 2. The predicted octanol–water partition coefficient (Wildman–Crippen LogP) is 7.81. The van der Waals surface area contributed by atoms with Gasteiger partial charge in [-0.05, 0) is 30.5 Å². The average molecular weight is 402 g/mol. The molecule has 1 unspecified atom stereocenters. The van der Waals surface area contributed by atoms with Crippen LogP contribution in [0.1, 0.15) is 77.4 Å². The summed E-state index contributed by atoms with van der Waals surface area (Å²) in [6, 6.07) is 3.42. The van der Waals surface area contributed by atoms with Gasteiger partial charge in [0.2, 0.25) is 0 Å². The van der Waals surface area contributed by atoms with Crippen molar-refractivity contribution in [1.29, 1.82) is 0 Å². The highest BCUT2D eigenvalue weighted by Gasteiger charge is 2.34. The summed E-state index contributed by atoms with van der Waals surface area (Å²) < 4.78 is 6.84. The second-order valence-electron chi connectivity index (χ2n) is 7.45. The minimum atomic E-state index is -1.73. The average Bonchev–Trinajstić information content (AvgIpc) is 3.12. The van der Waals surface area contributed by atoms with E-state index >= 15 is 0 Å². The molecule has 25 heavy (non-hydrogen) atoms. The zero-order valence-electron chi connectivity index (χ0n) is 16.0. The van der Waals surface area contributed by atoms with E-state index in [4.69, 9.17) is 27.6 Å². The first-order valence-corrected chi connectivity index (χ1v) is 13.3. The number of nitrogens with zero attached hydrogens (tertiary/aromatic N) is 1. The van der Waals surface area contributed by atoms with Crippen molar-refractivity contribution in [1.82, 2.24) is 4.98 Å². The minimum Gasteiger partial charge on any atom is -0.410 e. The maximum Gasteiger partial charge on any atom is 0.192 e. The van der Waals surface area contributed by atoms with Gasteiger partial charge in [-0.25, -0.2) is 0 Å². The molecule has 0 saturated heterocycles. The second kappa shape index (κ2) is 10.3. The first kappa shape index (κ1) is 21.2. The molecule has 142 valence electrons. The molecule has 1 heterocycles. The van der Waals surface area contributed by atoms with E-state index in [1.54, 1.807) is 12.4 Å². The summed E-state index contributed by atoms with van der Waals surface area (Å²) in [6.45, 7) is 6.81. The second-order valence-corrected chi connectivity index (χ2v) is 13.0. The first-order valence-electron chi connectivity index (χ1n) is 10.0. The molecule has 1 saturated carbocycles. The fourth-order valence-corrected chi connectivity index (χ4v) is 7.63. The lowest BCUT2D eigenvalue weighted by atomic mass is 9.97. The van der Waals surface area contributed by atoms with Gasteiger partial charge < -0.3 is 4.43 Å². The molecule has 0 aromatic carbocycles. The Morgan fingerprint density at radius 2 is 1.64 bits per heavy atom. The molecule has 1 aliphatic rings. The third kappa shape index (κ3) is 5.69. The van der Waals surface area contributed by atoms with E-state index in [-0.39, 0.29) is 6.10 Å². The number of rotatable bonds is 10. The summed E-state index contributed by atoms with van der Waals surface area (Å²) >= 11 is 13.0. The monoisotopic (exact) mass is 401 g/mol. The quantitative estimate of drug-likeness (QED) is 0.372. The Kier molecular flexibility index (Phi) is 8.73. The van der Waals surface area contributed by atoms with Gasteiger partial charge in [-0.2, -0.15) is 0 Å². The van der Waals surface area contributed by atoms with Crippen LogP contribution in [0.15, 0.2) is 12.4 Å². The van der Waals surface area contributed by atoms with E-state index in [1.165, 1.54) is 38.5 Å². The van der Waals surface area contributed by atoms with E-state index in [0.717, 1.165) is 36.0 Å². The highest BCUT2D eigenvalue weighted by atomic mass is 35.5. The molecule has 0 amide bonds. The van der Waals surface area contributed by atoms with E-state index in [2.05, 4.69) is 25.8 Å². The van der Waals surface area contributed by atoms with Crippen molar-refractivity contribution in [2.75, 3.05) is 0 Å². The standard InChI is InChI=1S/C20H33Cl2NOSi/c1-4-25(5-2,6-3)24-19(13-9-12-16-10-7-8-11-16)20-17(21)14-23-15-18(20)22/h14-16,19H,4-13H2,1-3H3. The van der Waals surface area contributed by atoms with Gasteiger partial charge in [0.25, 0.3) is 0 Å². The van der Waals surface area contributed by atoms with Crippen molar-refractivity contribution in [3.8, 4) is 0 Å². The summed E-state index contributed by atoms with van der Waals surface area (Å²) in [5.74, 6) is 0.912. The minimum absolute atomic E-state index is 0.0101. The van der Waals surface area contributed by atoms with Gasteiger partial charge in [0, 0.05) is 18.0 Å². The van der Waals surface area contributed by atoms with Crippen molar-refractivity contribution >= 4 is 31.5 Å². The Balaban J connectivity index is 2.15. The van der Waals surface area contributed by atoms with E-state index < -0.39 is 8.32 Å². The van der Waals surface area contributed by atoms with Crippen LogP contribution in [-0.2, 0) is 4.43 Å². The summed E-state index contributed by atoms with van der Waals surface area (Å²) in [4.78, 5) is 4.12. The van der Waals surface area contributed by atoms with Crippen LogP contribution in [0.25, 0.3) is 0 Å². The van der Waals surface area contributed by atoms with E-state index in [9.17, 15) is 0 Å². The Bertz CT molecular complexity index is 502. The molecule has 2 rings (SSSR count). The van der Waals surface area contributed by atoms with Crippen LogP contribution in [-0.4, -0.2) is 13.3 Å². The van der Waals surface area contributed by atoms with Gasteiger partial charge in [0.15, 0.2) is 8.32 Å². The summed E-state index contributed by atoms with van der Waals surface area (Å²) in [6.07, 6.45) is 12.5. The number of halogens is 2. The maximum atomic E-state index is 6.84.